The number of fused-ring (bicyclic) bond motifs is 1. The van der Waals surface area contributed by atoms with Crippen LogP contribution in [0.5, 0.6) is 0 Å². The van der Waals surface area contributed by atoms with Crippen molar-refractivity contribution >= 4 is 18.2 Å². The van der Waals surface area contributed by atoms with Gasteiger partial charge in [-0.1, -0.05) is 12.1 Å². The molecule has 0 bridgehead atoms. The molecule has 0 saturated heterocycles. The molecule has 0 aliphatic heterocycles. The van der Waals surface area contributed by atoms with E-state index in [1.165, 1.54) is 0 Å². The van der Waals surface area contributed by atoms with Crippen molar-refractivity contribution in [3.05, 3.63) is 40.3 Å². The Morgan fingerprint density at radius 3 is 2.63 bits per heavy atom. The van der Waals surface area contributed by atoms with Crippen molar-refractivity contribution in [2.24, 2.45) is 7.05 Å². The molecule has 0 spiro atoms. The van der Waals surface area contributed by atoms with Crippen LogP contribution in [0.2, 0.25) is 0 Å². The summed E-state index contributed by atoms with van der Waals surface area (Å²) in [6.45, 7) is 3.55. The van der Waals surface area contributed by atoms with Crippen molar-refractivity contribution in [3.63, 3.8) is 0 Å². The van der Waals surface area contributed by atoms with E-state index >= 15 is 0 Å². The molecule has 0 atom stereocenters. The van der Waals surface area contributed by atoms with Gasteiger partial charge in [-0.05, 0) is 38.3 Å². The third-order valence-corrected chi connectivity index (χ3v) is 4.55. The average Bonchev–Trinajstić information content (AvgIpc) is 2.34. The van der Waals surface area contributed by atoms with Crippen molar-refractivity contribution in [2.45, 2.75) is 12.8 Å². The van der Waals surface area contributed by atoms with Gasteiger partial charge in [0.25, 0.3) is 5.56 Å². The largest absolute Gasteiger partial charge is 0.324 e. The molecular formula is C14H19N2O2P. The Kier molecular flexibility index (Phi) is 3.91. The van der Waals surface area contributed by atoms with Gasteiger partial charge in [0.05, 0.1) is 18.2 Å². The van der Waals surface area contributed by atoms with Gasteiger partial charge in [0.2, 0.25) is 0 Å². The molecule has 0 aliphatic carbocycles. The molecule has 0 N–H and O–H groups in total. The first-order valence-corrected chi connectivity index (χ1v) is 9.16. The van der Waals surface area contributed by atoms with Gasteiger partial charge in [0, 0.05) is 13.2 Å². The van der Waals surface area contributed by atoms with E-state index < -0.39 is 7.14 Å². The lowest BCUT2D eigenvalue weighted by Crippen LogP contribution is -2.23. The monoisotopic (exact) mass is 278 g/mol. The normalized spacial score (nSPS) is 11.9. The number of para-hydroxylation sites is 2. The predicted octanol–water partition coefficient (Wildman–Crippen LogP) is 2.49. The topological polar surface area (TPSA) is 52.0 Å². The van der Waals surface area contributed by atoms with E-state index in [1.807, 2.05) is 24.3 Å². The van der Waals surface area contributed by atoms with Crippen molar-refractivity contribution in [1.29, 1.82) is 0 Å². The molecule has 0 saturated carbocycles. The minimum atomic E-state index is -2.01. The highest BCUT2D eigenvalue weighted by molar-refractivity contribution is 7.62. The van der Waals surface area contributed by atoms with Crippen molar-refractivity contribution < 1.29 is 4.57 Å². The van der Waals surface area contributed by atoms with Gasteiger partial charge in [-0.15, -0.1) is 0 Å². The van der Waals surface area contributed by atoms with Gasteiger partial charge < -0.3 is 9.13 Å². The standard InChI is InChI=1S/C14H19N2O2P/c1-16-13-9-5-4-7-11(13)15-12(14(16)17)8-6-10-19(2,3)18/h4-5,7,9H,6,8,10H2,1-3H3. The van der Waals surface area contributed by atoms with E-state index in [2.05, 4.69) is 4.98 Å². The summed E-state index contributed by atoms with van der Waals surface area (Å²) in [6, 6.07) is 7.60. The van der Waals surface area contributed by atoms with E-state index in [0.717, 1.165) is 17.5 Å². The highest BCUT2D eigenvalue weighted by atomic mass is 31.2. The molecule has 0 aliphatic rings. The molecule has 1 aromatic carbocycles. The smallest absolute Gasteiger partial charge is 0.272 e. The maximum absolute atomic E-state index is 12.2. The number of hydrogen-bond donors (Lipinski definition) is 0. The Labute approximate surface area is 112 Å². The fourth-order valence-corrected chi connectivity index (χ4v) is 3.05. The minimum absolute atomic E-state index is 0.0549. The van der Waals surface area contributed by atoms with Crippen LogP contribution >= 0.6 is 7.14 Å². The van der Waals surface area contributed by atoms with Crippen molar-refractivity contribution in [2.75, 3.05) is 19.5 Å². The zero-order valence-electron chi connectivity index (χ0n) is 11.6. The number of aryl methyl sites for hydroxylation is 2. The first-order valence-electron chi connectivity index (χ1n) is 6.37. The number of hydrogen-bond acceptors (Lipinski definition) is 3. The summed E-state index contributed by atoms with van der Waals surface area (Å²) in [5.74, 6) is 0. The molecule has 0 radical (unpaired) electrons. The summed E-state index contributed by atoms with van der Waals surface area (Å²) in [5.41, 5.74) is 2.18. The van der Waals surface area contributed by atoms with Gasteiger partial charge in [-0.25, -0.2) is 4.98 Å². The number of benzene rings is 1. The van der Waals surface area contributed by atoms with Crippen LogP contribution in [-0.4, -0.2) is 29.0 Å². The fraction of sp³-hybridized carbons (Fsp3) is 0.429. The van der Waals surface area contributed by atoms with Crippen LogP contribution in [-0.2, 0) is 18.0 Å². The van der Waals surface area contributed by atoms with Crippen LogP contribution in [0, 0.1) is 0 Å². The van der Waals surface area contributed by atoms with Gasteiger partial charge in [0.1, 0.15) is 5.69 Å². The zero-order chi connectivity index (χ0) is 14.0. The second kappa shape index (κ2) is 5.30. The third-order valence-electron chi connectivity index (χ3n) is 3.16. The summed E-state index contributed by atoms with van der Waals surface area (Å²) in [4.78, 5) is 16.6. The summed E-state index contributed by atoms with van der Waals surface area (Å²) >= 11 is 0. The molecule has 102 valence electrons. The number of rotatable bonds is 4. The molecular weight excluding hydrogens is 259 g/mol. The molecule has 0 fully saturated rings. The van der Waals surface area contributed by atoms with Crippen LogP contribution in [0.4, 0.5) is 0 Å². The predicted molar refractivity (Wildman–Crippen MR) is 79.6 cm³/mol. The summed E-state index contributed by atoms with van der Waals surface area (Å²) in [7, 11) is -0.250. The average molecular weight is 278 g/mol. The first kappa shape index (κ1) is 14.0. The van der Waals surface area contributed by atoms with Crippen LogP contribution in [0.1, 0.15) is 12.1 Å². The fourth-order valence-electron chi connectivity index (χ4n) is 2.13. The van der Waals surface area contributed by atoms with Crippen molar-refractivity contribution in [1.82, 2.24) is 9.55 Å². The summed E-state index contributed by atoms with van der Waals surface area (Å²) in [5, 5.41) is 0. The van der Waals surface area contributed by atoms with Crippen LogP contribution in [0.3, 0.4) is 0 Å². The maximum Gasteiger partial charge on any atom is 0.272 e. The third kappa shape index (κ3) is 3.32. The van der Waals surface area contributed by atoms with E-state index in [0.29, 0.717) is 18.3 Å². The second-order valence-electron chi connectivity index (χ2n) is 5.31. The van der Waals surface area contributed by atoms with Gasteiger partial charge in [0.15, 0.2) is 0 Å². The summed E-state index contributed by atoms with van der Waals surface area (Å²) in [6.07, 6.45) is 1.98. The molecule has 1 heterocycles. The van der Waals surface area contributed by atoms with E-state index in [-0.39, 0.29) is 5.56 Å². The molecule has 0 unspecified atom stereocenters. The SMILES string of the molecule is Cn1c(=O)c(CCCP(C)(C)=O)nc2ccccc21. The Hall–Kier alpha value is -1.41. The number of aromatic nitrogens is 2. The maximum atomic E-state index is 12.2. The highest BCUT2D eigenvalue weighted by Gasteiger charge is 2.11. The van der Waals surface area contributed by atoms with E-state index in [4.69, 9.17) is 0 Å². The molecule has 0 amide bonds. The Bertz CT molecular complexity index is 700. The first-order chi connectivity index (χ1) is 8.88. The molecule has 4 nitrogen and oxygen atoms in total. The van der Waals surface area contributed by atoms with Gasteiger partial charge in [-0.3, -0.25) is 4.79 Å². The molecule has 2 rings (SSSR count). The van der Waals surface area contributed by atoms with Gasteiger partial charge >= 0.3 is 0 Å². The molecule has 5 heteroatoms. The second-order valence-corrected chi connectivity index (χ2v) is 8.91. The quantitative estimate of drug-likeness (QED) is 0.807. The Balaban J connectivity index is 2.31. The van der Waals surface area contributed by atoms with Gasteiger partial charge in [-0.2, -0.15) is 0 Å². The molecule has 19 heavy (non-hydrogen) atoms. The highest BCUT2D eigenvalue weighted by Crippen LogP contribution is 2.36. The van der Waals surface area contributed by atoms with Crippen LogP contribution in [0.15, 0.2) is 29.1 Å². The van der Waals surface area contributed by atoms with Crippen molar-refractivity contribution in [3.8, 4) is 0 Å². The molecule has 2 aromatic rings. The summed E-state index contributed by atoms with van der Waals surface area (Å²) < 4.78 is 13.3. The zero-order valence-corrected chi connectivity index (χ0v) is 12.5. The van der Waals surface area contributed by atoms with Crippen LogP contribution < -0.4 is 5.56 Å². The Morgan fingerprint density at radius 2 is 1.95 bits per heavy atom. The van der Waals surface area contributed by atoms with Crippen LogP contribution in [0.25, 0.3) is 11.0 Å². The minimum Gasteiger partial charge on any atom is -0.324 e. The lowest BCUT2D eigenvalue weighted by Gasteiger charge is -2.09. The lowest BCUT2D eigenvalue weighted by atomic mass is 10.2. The lowest BCUT2D eigenvalue weighted by molar-refractivity contribution is 0.580. The van der Waals surface area contributed by atoms with E-state index in [1.54, 1.807) is 24.9 Å². The van der Waals surface area contributed by atoms with E-state index in [9.17, 15) is 9.36 Å². The Morgan fingerprint density at radius 1 is 1.26 bits per heavy atom. The number of nitrogens with zero attached hydrogens (tertiary/aromatic N) is 2. The molecule has 1 aromatic heterocycles.